The van der Waals surface area contributed by atoms with Gasteiger partial charge in [0, 0.05) is 39.2 Å². The van der Waals surface area contributed by atoms with Gasteiger partial charge in [0.15, 0.2) is 11.5 Å². The SMILES string of the molecule is CN(c1ccc(=O)n(C)n1)C1CN(c2ccc3nnc(C4CCC4)n3n2)C1. The van der Waals surface area contributed by atoms with Crippen molar-refractivity contribution in [3.05, 3.63) is 40.4 Å². The minimum Gasteiger partial charge on any atom is -0.352 e. The lowest BCUT2D eigenvalue weighted by atomic mass is 9.85. The normalized spacial score (nSPS) is 17.8. The maximum Gasteiger partial charge on any atom is 0.266 e. The number of fused-ring (bicyclic) bond motifs is 1. The third-order valence-corrected chi connectivity index (χ3v) is 5.78. The minimum absolute atomic E-state index is 0.101. The number of anilines is 2. The van der Waals surface area contributed by atoms with E-state index in [0.717, 1.165) is 36.2 Å². The minimum atomic E-state index is -0.101. The third-order valence-electron chi connectivity index (χ3n) is 5.78. The Morgan fingerprint density at radius 3 is 2.59 bits per heavy atom. The molecule has 0 radical (unpaired) electrons. The van der Waals surface area contributed by atoms with Crippen molar-refractivity contribution in [2.24, 2.45) is 7.05 Å². The molecule has 0 amide bonds. The monoisotopic (exact) mass is 366 g/mol. The van der Waals surface area contributed by atoms with Crippen LogP contribution in [-0.4, -0.2) is 55.8 Å². The molecule has 1 aliphatic carbocycles. The van der Waals surface area contributed by atoms with Gasteiger partial charge in [-0.2, -0.15) is 9.61 Å². The molecule has 0 N–H and O–H groups in total. The Kier molecular flexibility index (Phi) is 3.63. The first-order valence-electron chi connectivity index (χ1n) is 9.34. The second kappa shape index (κ2) is 6.04. The fourth-order valence-electron chi connectivity index (χ4n) is 3.64. The Balaban J connectivity index is 1.32. The molecule has 4 heterocycles. The van der Waals surface area contributed by atoms with Crippen LogP contribution in [0.4, 0.5) is 11.6 Å². The molecule has 27 heavy (non-hydrogen) atoms. The zero-order valence-electron chi connectivity index (χ0n) is 15.5. The summed E-state index contributed by atoms with van der Waals surface area (Å²) >= 11 is 0. The predicted molar refractivity (Wildman–Crippen MR) is 101 cm³/mol. The number of aryl methyl sites for hydroxylation is 1. The van der Waals surface area contributed by atoms with E-state index in [9.17, 15) is 4.79 Å². The Morgan fingerprint density at radius 1 is 1.07 bits per heavy atom. The van der Waals surface area contributed by atoms with Crippen molar-refractivity contribution in [1.82, 2.24) is 29.6 Å². The lowest BCUT2D eigenvalue weighted by molar-refractivity contribution is 0.394. The highest BCUT2D eigenvalue weighted by molar-refractivity contribution is 5.50. The molecular formula is C18H22N8O. The van der Waals surface area contributed by atoms with Gasteiger partial charge in [0.25, 0.3) is 5.56 Å². The molecule has 0 aromatic carbocycles. The summed E-state index contributed by atoms with van der Waals surface area (Å²) in [5.74, 6) is 3.23. The number of likely N-dealkylation sites (N-methyl/N-ethyl adjacent to an activating group) is 1. The number of hydrogen-bond donors (Lipinski definition) is 0. The van der Waals surface area contributed by atoms with Gasteiger partial charge in [-0.25, -0.2) is 4.68 Å². The average molecular weight is 366 g/mol. The third kappa shape index (κ3) is 2.65. The first-order valence-corrected chi connectivity index (χ1v) is 9.34. The molecule has 3 aromatic rings. The molecule has 9 nitrogen and oxygen atoms in total. The number of rotatable bonds is 4. The van der Waals surface area contributed by atoms with Crippen molar-refractivity contribution in [3.63, 3.8) is 0 Å². The van der Waals surface area contributed by atoms with E-state index in [1.165, 1.54) is 23.9 Å². The smallest absolute Gasteiger partial charge is 0.266 e. The van der Waals surface area contributed by atoms with Crippen LogP contribution in [0.2, 0.25) is 0 Å². The Labute approximate surface area is 156 Å². The first-order chi connectivity index (χ1) is 13.1. The van der Waals surface area contributed by atoms with Gasteiger partial charge in [0.1, 0.15) is 11.6 Å². The van der Waals surface area contributed by atoms with Gasteiger partial charge >= 0.3 is 0 Å². The van der Waals surface area contributed by atoms with Gasteiger partial charge in [0.2, 0.25) is 0 Å². The Hall–Kier alpha value is -2.97. The van der Waals surface area contributed by atoms with Crippen LogP contribution in [0, 0.1) is 0 Å². The molecule has 1 aliphatic heterocycles. The van der Waals surface area contributed by atoms with Crippen LogP contribution in [-0.2, 0) is 7.05 Å². The molecule has 9 heteroatoms. The van der Waals surface area contributed by atoms with Crippen molar-refractivity contribution in [2.45, 2.75) is 31.2 Å². The molecule has 3 aromatic heterocycles. The highest BCUT2D eigenvalue weighted by Crippen LogP contribution is 2.35. The summed E-state index contributed by atoms with van der Waals surface area (Å²) in [6, 6.07) is 7.66. The summed E-state index contributed by atoms with van der Waals surface area (Å²) in [5.41, 5.74) is 0.709. The van der Waals surface area contributed by atoms with E-state index >= 15 is 0 Å². The topological polar surface area (TPSA) is 84.5 Å². The van der Waals surface area contributed by atoms with E-state index < -0.39 is 0 Å². The second-order valence-corrected chi connectivity index (χ2v) is 7.47. The molecule has 2 fully saturated rings. The Morgan fingerprint density at radius 2 is 1.89 bits per heavy atom. The van der Waals surface area contributed by atoms with E-state index in [-0.39, 0.29) is 5.56 Å². The highest BCUT2D eigenvalue weighted by Gasteiger charge is 2.32. The summed E-state index contributed by atoms with van der Waals surface area (Å²) in [4.78, 5) is 15.9. The van der Waals surface area contributed by atoms with Crippen molar-refractivity contribution < 1.29 is 0 Å². The van der Waals surface area contributed by atoms with Gasteiger partial charge in [0.05, 0.1) is 6.04 Å². The fourth-order valence-corrected chi connectivity index (χ4v) is 3.64. The quantitative estimate of drug-likeness (QED) is 0.675. The van der Waals surface area contributed by atoms with Gasteiger partial charge in [-0.3, -0.25) is 4.79 Å². The van der Waals surface area contributed by atoms with Crippen LogP contribution >= 0.6 is 0 Å². The van der Waals surface area contributed by atoms with Crippen LogP contribution < -0.4 is 15.4 Å². The van der Waals surface area contributed by atoms with Crippen LogP contribution in [0.25, 0.3) is 5.65 Å². The molecule has 1 saturated carbocycles. The largest absolute Gasteiger partial charge is 0.352 e. The standard InChI is InChI=1S/C18H22N8O/c1-23(15-8-9-17(27)24(2)21-15)13-10-25(11-13)16-7-6-14-19-20-18(26(14)22-16)12-4-3-5-12/h6-9,12-13H,3-5,10-11H2,1-2H3. The Bertz CT molecular complexity index is 1050. The summed E-state index contributed by atoms with van der Waals surface area (Å²) in [6.07, 6.45) is 3.62. The zero-order valence-corrected chi connectivity index (χ0v) is 15.5. The second-order valence-electron chi connectivity index (χ2n) is 7.47. The van der Waals surface area contributed by atoms with E-state index in [1.54, 1.807) is 19.2 Å². The number of nitrogens with zero attached hydrogens (tertiary/aromatic N) is 8. The predicted octanol–water partition coefficient (Wildman–Crippen LogP) is 0.810. The molecule has 1 saturated heterocycles. The molecular weight excluding hydrogens is 344 g/mol. The molecule has 0 unspecified atom stereocenters. The molecule has 0 spiro atoms. The van der Waals surface area contributed by atoms with Crippen LogP contribution in [0.15, 0.2) is 29.1 Å². The maximum atomic E-state index is 11.5. The maximum absolute atomic E-state index is 11.5. The van der Waals surface area contributed by atoms with Crippen LogP contribution in [0.5, 0.6) is 0 Å². The van der Waals surface area contributed by atoms with Crippen LogP contribution in [0.3, 0.4) is 0 Å². The van der Waals surface area contributed by atoms with Gasteiger partial charge in [-0.05, 0) is 31.0 Å². The molecule has 140 valence electrons. The van der Waals surface area contributed by atoms with Gasteiger partial charge in [-0.1, -0.05) is 6.42 Å². The molecule has 5 rings (SSSR count). The fraction of sp³-hybridized carbons (Fsp3) is 0.500. The van der Waals surface area contributed by atoms with E-state index in [1.807, 2.05) is 23.7 Å². The van der Waals surface area contributed by atoms with E-state index in [2.05, 4.69) is 25.1 Å². The summed E-state index contributed by atoms with van der Waals surface area (Å²) in [6.45, 7) is 1.72. The van der Waals surface area contributed by atoms with Crippen molar-refractivity contribution in [1.29, 1.82) is 0 Å². The summed E-state index contributed by atoms with van der Waals surface area (Å²) in [5, 5.41) is 17.7. The zero-order chi connectivity index (χ0) is 18.5. The van der Waals surface area contributed by atoms with E-state index in [0.29, 0.717) is 12.0 Å². The molecule has 2 aliphatic rings. The van der Waals surface area contributed by atoms with E-state index in [4.69, 9.17) is 5.10 Å². The summed E-state index contributed by atoms with van der Waals surface area (Å²) in [7, 11) is 3.69. The average Bonchev–Trinajstić information content (AvgIpc) is 2.97. The van der Waals surface area contributed by atoms with Gasteiger partial charge in [-0.15, -0.1) is 15.3 Å². The lowest BCUT2D eigenvalue weighted by Crippen LogP contribution is -2.59. The molecule has 0 bridgehead atoms. The van der Waals surface area contributed by atoms with Gasteiger partial charge < -0.3 is 9.80 Å². The van der Waals surface area contributed by atoms with Crippen molar-refractivity contribution in [2.75, 3.05) is 29.9 Å². The molecule has 0 atom stereocenters. The van der Waals surface area contributed by atoms with Crippen molar-refractivity contribution >= 4 is 17.3 Å². The highest BCUT2D eigenvalue weighted by atomic mass is 16.1. The first kappa shape index (κ1) is 16.2. The van der Waals surface area contributed by atoms with Crippen LogP contribution in [0.1, 0.15) is 31.0 Å². The lowest BCUT2D eigenvalue weighted by Gasteiger charge is -2.44. The number of aromatic nitrogens is 6. The number of hydrogen-bond acceptors (Lipinski definition) is 7. The van der Waals surface area contributed by atoms with Crippen molar-refractivity contribution in [3.8, 4) is 0 Å². The summed E-state index contributed by atoms with van der Waals surface area (Å²) < 4.78 is 3.27.